The maximum absolute atomic E-state index is 11.4. The minimum absolute atomic E-state index is 0.0479. The van der Waals surface area contributed by atoms with Gasteiger partial charge in [0.1, 0.15) is 0 Å². The van der Waals surface area contributed by atoms with Crippen LogP contribution in [-0.2, 0) is 0 Å². The van der Waals surface area contributed by atoms with E-state index in [-0.39, 0.29) is 11.5 Å². The predicted molar refractivity (Wildman–Crippen MR) is 122 cm³/mol. The predicted octanol–water partition coefficient (Wildman–Crippen LogP) is 6.83. The van der Waals surface area contributed by atoms with Gasteiger partial charge < -0.3 is 5.11 Å². The lowest BCUT2D eigenvalue weighted by Gasteiger charge is -2.69. The molecule has 170 valence electrons. The summed E-state index contributed by atoms with van der Waals surface area (Å²) < 4.78 is 0. The van der Waals surface area contributed by atoms with E-state index in [9.17, 15) is 10.0 Å². The van der Waals surface area contributed by atoms with Crippen molar-refractivity contribution < 1.29 is 5.11 Å². The highest BCUT2D eigenvalue weighted by atomic mass is 16.3. The van der Waals surface area contributed by atoms with Gasteiger partial charge in [-0.25, -0.2) is 0 Å². The number of nitroso groups, excluding NO2 is 1. The Kier molecular flexibility index (Phi) is 5.20. The highest BCUT2D eigenvalue weighted by Crippen LogP contribution is 2.71. The number of hydrogen-bond donors (Lipinski definition) is 1. The van der Waals surface area contributed by atoms with Crippen LogP contribution < -0.4 is 0 Å². The molecule has 3 heteroatoms. The van der Waals surface area contributed by atoms with E-state index in [0.29, 0.717) is 29.3 Å². The Hall–Kier alpha value is -0.440. The van der Waals surface area contributed by atoms with Crippen LogP contribution in [0.25, 0.3) is 0 Å². The molecule has 0 amide bonds. The van der Waals surface area contributed by atoms with Crippen LogP contribution in [0.5, 0.6) is 0 Å². The monoisotopic (exact) mass is 415 g/mol. The fraction of sp³-hybridized carbons (Fsp3) is 1.00. The van der Waals surface area contributed by atoms with Gasteiger partial charge >= 0.3 is 0 Å². The third-order valence-corrected chi connectivity index (χ3v) is 12.3. The molecule has 6 unspecified atom stereocenters. The lowest BCUT2D eigenvalue weighted by atomic mass is 9.36. The zero-order valence-electron chi connectivity index (χ0n) is 19.9. The van der Waals surface area contributed by atoms with Gasteiger partial charge in [-0.2, -0.15) is 4.91 Å². The molecule has 5 aliphatic rings. The number of rotatable bonds is 2. The van der Waals surface area contributed by atoms with Crippen LogP contribution in [0, 0.1) is 62.6 Å². The van der Waals surface area contributed by atoms with Gasteiger partial charge in [-0.1, -0.05) is 45.7 Å². The summed E-state index contributed by atoms with van der Waals surface area (Å²) >= 11 is 0. The number of nitrogens with zero attached hydrogens (tertiary/aromatic N) is 1. The Morgan fingerprint density at radius 1 is 0.867 bits per heavy atom. The van der Waals surface area contributed by atoms with Crippen molar-refractivity contribution in [3.05, 3.63) is 4.91 Å². The first-order valence-corrected chi connectivity index (χ1v) is 13.2. The van der Waals surface area contributed by atoms with Gasteiger partial charge in [0.15, 0.2) is 0 Å². The molecule has 0 aliphatic heterocycles. The molecule has 3 nitrogen and oxygen atoms in total. The van der Waals surface area contributed by atoms with Crippen molar-refractivity contribution in [1.82, 2.24) is 0 Å². The van der Waals surface area contributed by atoms with Crippen molar-refractivity contribution in [3.8, 4) is 0 Å². The number of aliphatic hydroxyl groups is 1. The molecule has 0 heterocycles. The zero-order chi connectivity index (χ0) is 21.3. The van der Waals surface area contributed by atoms with E-state index in [4.69, 9.17) is 0 Å². The van der Waals surface area contributed by atoms with Crippen LogP contribution >= 0.6 is 0 Å². The number of hydrogen-bond acceptors (Lipinski definition) is 3. The second-order valence-corrected chi connectivity index (χ2v) is 13.1. The van der Waals surface area contributed by atoms with Gasteiger partial charge in [-0.05, 0) is 115 Å². The number of aliphatic hydroxyl groups excluding tert-OH is 1. The lowest BCUT2D eigenvalue weighted by molar-refractivity contribution is -0.203. The Labute approximate surface area is 184 Å². The largest absolute Gasteiger partial charge is 0.396 e. The Bertz CT molecular complexity index is 680. The highest BCUT2D eigenvalue weighted by Gasteiger charge is 2.64. The average Bonchev–Trinajstić information content (AvgIpc) is 2.73. The van der Waals surface area contributed by atoms with E-state index in [1.165, 1.54) is 64.2 Å². The molecule has 1 N–H and O–H groups in total. The average molecular weight is 416 g/mol. The van der Waals surface area contributed by atoms with Crippen LogP contribution in [-0.4, -0.2) is 17.8 Å². The van der Waals surface area contributed by atoms with Gasteiger partial charge in [0.25, 0.3) is 0 Å². The first-order valence-electron chi connectivity index (χ1n) is 13.2. The maximum atomic E-state index is 11.4. The Balaban J connectivity index is 1.46. The molecular formula is C27H45NO2. The minimum Gasteiger partial charge on any atom is -0.396 e. The molecule has 5 fully saturated rings. The summed E-state index contributed by atoms with van der Waals surface area (Å²) in [5.74, 6) is 5.13. The van der Waals surface area contributed by atoms with E-state index in [0.717, 1.165) is 36.0 Å². The SMILES string of the molecule is CC1C2CC[C@@]3(C)C4CCC5(CO)CCC[C@H](C)[C@H]5C4CCC3[C@@]2(C)CC[C@@H]1N=O. The quantitative estimate of drug-likeness (QED) is 0.503. The van der Waals surface area contributed by atoms with Crippen LogP contribution in [0.15, 0.2) is 5.18 Å². The molecule has 0 spiro atoms. The Morgan fingerprint density at radius 2 is 1.57 bits per heavy atom. The summed E-state index contributed by atoms with van der Waals surface area (Å²) in [7, 11) is 0. The molecule has 11 atom stereocenters. The van der Waals surface area contributed by atoms with E-state index in [1.54, 1.807) is 0 Å². The summed E-state index contributed by atoms with van der Waals surface area (Å²) in [5.41, 5.74) is 1.07. The fourth-order valence-electron chi connectivity index (χ4n) is 11.1. The highest BCUT2D eigenvalue weighted by molar-refractivity contribution is 5.14. The minimum atomic E-state index is 0.0479. The summed E-state index contributed by atoms with van der Waals surface area (Å²) in [5, 5.41) is 14.1. The second-order valence-electron chi connectivity index (χ2n) is 13.1. The molecule has 5 rings (SSSR count). The normalized spacial score (nSPS) is 58.0. The summed E-state index contributed by atoms with van der Waals surface area (Å²) in [6.45, 7) is 10.5. The van der Waals surface area contributed by atoms with Crippen molar-refractivity contribution in [3.63, 3.8) is 0 Å². The maximum Gasteiger partial charge on any atom is 0.0948 e. The van der Waals surface area contributed by atoms with Crippen LogP contribution in [0.2, 0.25) is 0 Å². The summed E-state index contributed by atoms with van der Waals surface area (Å²) in [6.07, 6.45) is 14.2. The van der Waals surface area contributed by atoms with Crippen LogP contribution in [0.4, 0.5) is 0 Å². The zero-order valence-corrected chi connectivity index (χ0v) is 19.9. The molecule has 5 saturated carbocycles. The van der Waals surface area contributed by atoms with E-state index < -0.39 is 0 Å². The van der Waals surface area contributed by atoms with Crippen LogP contribution in [0.1, 0.15) is 98.3 Å². The first-order chi connectivity index (χ1) is 14.3. The van der Waals surface area contributed by atoms with E-state index >= 15 is 0 Å². The lowest BCUT2D eigenvalue weighted by Crippen LogP contribution is -2.62. The van der Waals surface area contributed by atoms with E-state index in [2.05, 4.69) is 32.9 Å². The molecule has 5 aliphatic carbocycles. The van der Waals surface area contributed by atoms with Gasteiger partial charge in [0.2, 0.25) is 0 Å². The second kappa shape index (κ2) is 7.29. The molecule has 0 aromatic carbocycles. The van der Waals surface area contributed by atoms with Gasteiger partial charge in [0.05, 0.1) is 6.04 Å². The van der Waals surface area contributed by atoms with Gasteiger partial charge in [-0.3, -0.25) is 0 Å². The topological polar surface area (TPSA) is 49.7 Å². The number of fused-ring (bicyclic) bond motifs is 7. The molecule has 0 saturated heterocycles. The van der Waals surface area contributed by atoms with Crippen molar-refractivity contribution in [1.29, 1.82) is 0 Å². The van der Waals surface area contributed by atoms with Gasteiger partial charge in [0, 0.05) is 6.61 Å². The Morgan fingerprint density at radius 3 is 2.30 bits per heavy atom. The molecule has 0 radical (unpaired) electrons. The van der Waals surface area contributed by atoms with Crippen LogP contribution in [0.3, 0.4) is 0 Å². The van der Waals surface area contributed by atoms with Crippen molar-refractivity contribution >= 4 is 0 Å². The van der Waals surface area contributed by atoms with Gasteiger partial charge in [-0.15, -0.1) is 0 Å². The third-order valence-electron chi connectivity index (χ3n) is 12.3. The van der Waals surface area contributed by atoms with Crippen molar-refractivity contribution in [2.45, 2.75) is 104 Å². The smallest absolute Gasteiger partial charge is 0.0948 e. The molecule has 0 bridgehead atoms. The molecular weight excluding hydrogens is 370 g/mol. The molecule has 0 aromatic heterocycles. The molecule has 0 aromatic rings. The fourth-order valence-corrected chi connectivity index (χ4v) is 11.1. The summed E-state index contributed by atoms with van der Waals surface area (Å²) in [4.78, 5) is 11.4. The van der Waals surface area contributed by atoms with Crippen molar-refractivity contribution in [2.75, 3.05) is 6.61 Å². The summed E-state index contributed by atoms with van der Waals surface area (Å²) in [6, 6.07) is 0.0479. The third kappa shape index (κ3) is 2.72. The molecule has 30 heavy (non-hydrogen) atoms. The standard InChI is InChI=1S/C27H45NO2/c1-17-6-5-12-27(16-29)15-10-21-19(24(17)27)7-8-23-25(3)14-11-22(28-30)18(2)20(25)9-13-26(21,23)4/h17-24,29H,5-16H2,1-4H3/t17-,18?,19?,20?,21?,22-,23?,24-,25-,26-,27?/m0/s1. The van der Waals surface area contributed by atoms with E-state index in [1.807, 2.05) is 0 Å². The first kappa shape index (κ1) is 21.4. The van der Waals surface area contributed by atoms with Crippen molar-refractivity contribution in [2.24, 2.45) is 62.8 Å².